The molecule has 1 unspecified atom stereocenters. The van der Waals surface area contributed by atoms with Crippen molar-refractivity contribution in [3.8, 4) is 0 Å². The Bertz CT molecular complexity index is 378. The smallest absolute Gasteiger partial charge is 0.315 e. The number of amides is 2. The zero-order chi connectivity index (χ0) is 13.4. The molecule has 1 rings (SSSR count). The summed E-state index contributed by atoms with van der Waals surface area (Å²) in [6, 6.07) is 0.878. The van der Waals surface area contributed by atoms with Crippen LogP contribution in [0.25, 0.3) is 0 Å². The third-order valence-electron chi connectivity index (χ3n) is 2.31. The second-order valence-electron chi connectivity index (χ2n) is 3.90. The van der Waals surface area contributed by atoms with Crippen molar-refractivity contribution in [1.82, 2.24) is 15.8 Å². The molecule has 1 aromatic rings. The Hall–Kier alpha value is -2.05. The number of nitrogens with one attached hydrogen (secondary N) is 2. The lowest BCUT2D eigenvalue weighted by Crippen LogP contribution is -2.42. The quantitative estimate of drug-likeness (QED) is 0.677. The highest BCUT2D eigenvalue weighted by Crippen LogP contribution is 2.02. The number of carboxylic acids is 1. The predicted molar refractivity (Wildman–Crippen MR) is 62.8 cm³/mol. The molecule has 7 heteroatoms. The van der Waals surface area contributed by atoms with Gasteiger partial charge in [0.15, 0.2) is 0 Å². The lowest BCUT2D eigenvalue weighted by Gasteiger charge is -2.16. The van der Waals surface area contributed by atoms with Crippen LogP contribution < -0.4 is 10.6 Å². The summed E-state index contributed by atoms with van der Waals surface area (Å²) in [5.41, 5.74) is 0.607. The molecular weight excluding hydrogens is 238 g/mol. The molecule has 0 aliphatic carbocycles. The molecule has 100 valence electrons. The summed E-state index contributed by atoms with van der Waals surface area (Å²) >= 11 is 0. The highest BCUT2D eigenvalue weighted by atomic mass is 16.5. The monoisotopic (exact) mass is 255 g/mol. The van der Waals surface area contributed by atoms with Crippen molar-refractivity contribution in [2.75, 3.05) is 0 Å². The second kappa shape index (κ2) is 7.31. The van der Waals surface area contributed by atoms with Gasteiger partial charge in [-0.15, -0.1) is 0 Å². The van der Waals surface area contributed by atoms with Crippen LogP contribution in [0.2, 0.25) is 0 Å². The summed E-state index contributed by atoms with van der Waals surface area (Å²) in [4.78, 5) is 22.1. The molecule has 1 atom stereocenters. The molecule has 2 amide bonds. The lowest BCUT2D eigenvalue weighted by atomic mass is 10.1. The Labute approximate surface area is 105 Å². The van der Waals surface area contributed by atoms with Gasteiger partial charge in [-0.3, -0.25) is 4.79 Å². The predicted octanol–water partition coefficient (Wildman–Crippen LogP) is 1.12. The summed E-state index contributed by atoms with van der Waals surface area (Å²) in [6.07, 6.45) is 2.77. The number of hydrogen-bond donors (Lipinski definition) is 3. The van der Waals surface area contributed by atoms with E-state index >= 15 is 0 Å². The zero-order valence-electron chi connectivity index (χ0n) is 10.2. The summed E-state index contributed by atoms with van der Waals surface area (Å²) in [6.45, 7) is 2.18. The fourth-order valence-electron chi connectivity index (χ4n) is 1.52. The van der Waals surface area contributed by atoms with Gasteiger partial charge in [-0.25, -0.2) is 4.79 Å². The van der Waals surface area contributed by atoms with E-state index in [2.05, 4.69) is 20.3 Å². The van der Waals surface area contributed by atoms with E-state index in [4.69, 9.17) is 5.11 Å². The second-order valence-corrected chi connectivity index (χ2v) is 3.90. The first-order chi connectivity index (χ1) is 8.61. The van der Waals surface area contributed by atoms with Crippen LogP contribution >= 0.6 is 0 Å². The van der Waals surface area contributed by atoms with E-state index in [1.807, 2.05) is 6.92 Å². The van der Waals surface area contributed by atoms with E-state index in [1.165, 1.54) is 6.26 Å². The number of hydrogen-bond acceptors (Lipinski definition) is 4. The van der Waals surface area contributed by atoms with Crippen molar-refractivity contribution < 1.29 is 19.2 Å². The van der Waals surface area contributed by atoms with Crippen LogP contribution in [0.15, 0.2) is 16.9 Å². The molecule has 0 saturated carbocycles. The molecule has 3 N–H and O–H groups in total. The molecular formula is C11H17N3O4. The number of carboxylic acid groups (broad SMARTS) is 1. The van der Waals surface area contributed by atoms with Gasteiger partial charge in [0.1, 0.15) is 12.0 Å². The third-order valence-corrected chi connectivity index (χ3v) is 2.31. The molecule has 7 nitrogen and oxygen atoms in total. The molecule has 0 spiro atoms. The van der Waals surface area contributed by atoms with Gasteiger partial charge in [-0.2, -0.15) is 0 Å². The Morgan fingerprint density at radius 2 is 2.33 bits per heavy atom. The topological polar surface area (TPSA) is 104 Å². The van der Waals surface area contributed by atoms with Gasteiger partial charge < -0.3 is 20.3 Å². The first kappa shape index (κ1) is 14.0. The number of aromatic nitrogens is 1. The molecule has 0 radical (unpaired) electrons. The third kappa shape index (κ3) is 5.33. The number of carbonyl (C=O) groups excluding carboxylic acids is 1. The minimum atomic E-state index is -0.926. The van der Waals surface area contributed by atoms with Crippen molar-refractivity contribution in [3.63, 3.8) is 0 Å². The average Bonchev–Trinajstić information content (AvgIpc) is 2.78. The largest absolute Gasteiger partial charge is 0.481 e. The highest BCUT2D eigenvalue weighted by molar-refractivity contribution is 5.75. The van der Waals surface area contributed by atoms with E-state index in [-0.39, 0.29) is 19.0 Å². The fraction of sp³-hybridized carbons (Fsp3) is 0.545. The van der Waals surface area contributed by atoms with Gasteiger partial charge in [0.25, 0.3) is 0 Å². The fourth-order valence-corrected chi connectivity index (χ4v) is 1.52. The average molecular weight is 255 g/mol. The van der Waals surface area contributed by atoms with E-state index in [0.717, 1.165) is 6.42 Å². The standard InChI is InChI=1S/C11H17N3O4/c1-2-3-8(6-10(15)16)13-11(17)12-7-9-4-5-18-14-9/h4-5,8H,2-3,6-7H2,1H3,(H,15,16)(H2,12,13,17). The van der Waals surface area contributed by atoms with Crippen LogP contribution in [-0.4, -0.2) is 28.3 Å². The first-order valence-electron chi connectivity index (χ1n) is 5.77. The van der Waals surface area contributed by atoms with Crippen molar-refractivity contribution in [1.29, 1.82) is 0 Å². The lowest BCUT2D eigenvalue weighted by molar-refractivity contribution is -0.137. The molecule has 0 aliphatic rings. The minimum absolute atomic E-state index is 0.0782. The summed E-state index contributed by atoms with van der Waals surface area (Å²) < 4.78 is 4.62. The summed E-state index contributed by atoms with van der Waals surface area (Å²) in [5, 5.41) is 17.6. The van der Waals surface area contributed by atoms with Crippen molar-refractivity contribution in [3.05, 3.63) is 18.0 Å². The van der Waals surface area contributed by atoms with Gasteiger partial charge in [-0.1, -0.05) is 18.5 Å². The minimum Gasteiger partial charge on any atom is -0.481 e. The van der Waals surface area contributed by atoms with Crippen LogP contribution in [0.5, 0.6) is 0 Å². The van der Waals surface area contributed by atoms with Gasteiger partial charge in [-0.05, 0) is 6.42 Å². The Balaban J connectivity index is 2.33. The zero-order valence-corrected chi connectivity index (χ0v) is 10.2. The first-order valence-corrected chi connectivity index (χ1v) is 5.77. The summed E-state index contributed by atoms with van der Waals surface area (Å²) in [5.74, 6) is -0.926. The molecule has 1 heterocycles. The van der Waals surface area contributed by atoms with E-state index in [0.29, 0.717) is 12.1 Å². The van der Waals surface area contributed by atoms with Gasteiger partial charge in [0, 0.05) is 12.1 Å². The van der Waals surface area contributed by atoms with E-state index in [9.17, 15) is 9.59 Å². The van der Waals surface area contributed by atoms with Crippen LogP contribution in [-0.2, 0) is 11.3 Å². The maximum absolute atomic E-state index is 11.5. The molecule has 18 heavy (non-hydrogen) atoms. The van der Waals surface area contributed by atoms with Gasteiger partial charge in [0.2, 0.25) is 0 Å². The van der Waals surface area contributed by atoms with Crippen LogP contribution in [0, 0.1) is 0 Å². The molecule has 0 aromatic carbocycles. The number of nitrogens with zero attached hydrogens (tertiary/aromatic N) is 1. The molecule has 1 aromatic heterocycles. The number of urea groups is 1. The summed E-state index contributed by atoms with van der Waals surface area (Å²) in [7, 11) is 0. The Morgan fingerprint density at radius 3 is 2.89 bits per heavy atom. The Kier molecular flexibility index (Phi) is 5.69. The molecule has 0 bridgehead atoms. The van der Waals surface area contributed by atoms with Crippen molar-refractivity contribution in [2.24, 2.45) is 0 Å². The van der Waals surface area contributed by atoms with Gasteiger partial charge in [0.05, 0.1) is 13.0 Å². The van der Waals surface area contributed by atoms with E-state index < -0.39 is 12.0 Å². The van der Waals surface area contributed by atoms with Crippen LogP contribution in [0.3, 0.4) is 0 Å². The number of aliphatic carboxylic acids is 1. The maximum atomic E-state index is 11.5. The SMILES string of the molecule is CCCC(CC(=O)O)NC(=O)NCc1ccon1. The van der Waals surface area contributed by atoms with Crippen molar-refractivity contribution >= 4 is 12.0 Å². The normalized spacial score (nSPS) is 11.8. The Morgan fingerprint density at radius 1 is 1.56 bits per heavy atom. The maximum Gasteiger partial charge on any atom is 0.315 e. The van der Waals surface area contributed by atoms with E-state index in [1.54, 1.807) is 6.07 Å². The number of carbonyl (C=O) groups is 2. The molecule has 0 aliphatic heterocycles. The molecule has 0 fully saturated rings. The van der Waals surface area contributed by atoms with Crippen LogP contribution in [0.4, 0.5) is 4.79 Å². The highest BCUT2D eigenvalue weighted by Gasteiger charge is 2.14. The van der Waals surface area contributed by atoms with Crippen LogP contribution in [0.1, 0.15) is 31.9 Å². The molecule has 0 saturated heterocycles. The van der Waals surface area contributed by atoms with Gasteiger partial charge >= 0.3 is 12.0 Å². The van der Waals surface area contributed by atoms with Crippen molar-refractivity contribution in [2.45, 2.75) is 38.8 Å². The number of rotatable bonds is 7.